The summed E-state index contributed by atoms with van der Waals surface area (Å²) in [4.78, 5) is 0. The first-order valence-electron chi connectivity index (χ1n) is 6.76. The fraction of sp³-hybridized carbons (Fsp3) is 0.375. The maximum Gasteiger partial charge on any atom is 0.123 e. The molecule has 0 saturated heterocycles. The second kappa shape index (κ2) is 5.17. The minimum Gasteiger partial charge on any atom is -0.464 e. The van der Waals surface area contributed by atoms with E-state index in [0.29, 0.717) is 12.5 Å². The summed E-state index contributed by atoms with van der Waals surface area (Å²) >= 11 is 0. The van der Waals surface area contributed by atoms with Crippen LogP contribution in [0.5, 0.6) is 0 Å². The van der Waals surface area contributed by atoms with E-state index in [1.165, 1.54) is 18.6 Å². The molecule has 1 aliphatic carbocycles. The third-order valence-electron chi connectivity index (χ3n) is 3.70. The van der Waals surface area contributed by atoms with E-state index < -0.39 is 0 Å². The average Bonchev–Trinajstić information content (AvgIpc) is 2.96. The predicted octanol–water partition coefficient (Wildman–Crippen LogP) is 3.83. The maximum absolute atomic E-state index is 12.8. The number of rotatable bonds is 5. The van der Waals surface area contributed by atoms with Crippen LogP contribution in [0.25, 0.3) is 0 Å². The molecule has 0 bridgehead atoms. The van der Waals surface area contributed by atoms with Gasteiger partial charge in [0.15, 0.2) is 0 Å². The normalized spacial score (nSPS) is 21.6. The summed E-state index contributed by atoms with van der Waals surface area (Å²) in [6.45, 7) is 3.67. The Morgan fingerprint density at radius 2 is 1.89 bits per heavy atom. The van der Waals surface area contributed by atoms with Gasteiger partial charge in [-0.15, -0.1) is 0 Å². The van der Waals surface area contributed by atoms with Crippen molar-refractivity contribution in [2.45, 2.75) is 32.4 Å². The highest BCUT2D eigenvalue weighted by atomic mass is 19.1. The van der Waals surface area contributed by atoms with E-state index in [1.807, 2.05) is 6.07 Å². The smallest absolute Gasteiger partial charge is 0.123 e. The van der Waals surface area contributed by atoms with Gasteiger partial charge in [-0.25, -0.2) is 4.39 Å². The van der Waals surface area contributed by atoms with Crippen LogP contribution in [0.4, 0.5) is 4.39 Å². The molecule has 0 amide bonds. The molecule has 1 aliphatic rings. The lowest BCUT2D eigenvalue weighted by atomic mass is 10.2. The molecule has 2 aromatic rings. The van der Waals surface area contributed by atoms with Crippen molar-refractivity contribution in [3.63, 3.8) is 0 Å². The Morgan fingerprint density at radius 1 is 1.16 bits per heavy atom. The first-order valence-corrected chi connectivity index (χ1v) is 6.76. The van der Waals surface area contributed by atoms with Crippen LogP contribution in [0.15, 0.2) is 40.8 Å². The molecule has 1 aromatic heterocycles. The van der Waals surface area contributed by atoms with Crippen molar-refractivity contribution >= 4 is 0 Å². The molecular formula is C16H18FNO. The molecule has 0 aliphatic heterocycles. The van der Waals surface area contributed by atoms with Gasteiger partial charge < -0.3 is 9.73 Å². The van der Waals surface area contributed by atoms with Crippen LogP contribution in [0, 0.1) is 11.7 Å². The molecule has 0 spiro atoms. The van der Waals surface area contributed by atoms with E-state index in [2.05, 4.69) is 18.3 Å². The first kappa shape index (κ1) is 12.4. The highest BCUT2D eigenvalue weighted by Crippen LogP contribution is 2.47. The molecule has 19 heavy (non-hydrogen) atoms. The first-order chi connectivity index (χ1) is 9.22. The number of benzene rings is 1. The number of hydrogen-bond acceptors (Lipinski definition) is 2. The highest BCUT2D eigenvalue weighted by Gasteiger charge is 2.36. The van der Waals surface area contributed by atoms with Crippen molar-refractivity contribution in [1.29, 1.82) is 0 Å². The zero-order valence-corrected chi connectivity index (χ0v) is 11.0. The van der Waals surface area contributed by atoms with E-state index in [4.69, 9.17) is 4.42 Å². The molecule has 3 heteroatoms. The standard InChI is InChI=1S/C16H18FNO/c1-11-8-15(11)16-7-6-14(19-16)10-18-9-12-2-4-13(17)5-3-12/h2-7,11,15,18H,8-10H2,1H3. The van der Waals surface area contributed by atoms with Gasteiger partial charge in [0.25, 0.3) is 0 Å². The lowest BCUT2D eigenvalue weighted by Gasteiger charge is -2.03. The predicted molar refractivity (Wildman–Crippen MR) is 72.2 cm³/mol. The van der Waals surface area contributed by atoms with Gasteiger partial charge in [-0.1, -0.05) is 19.1 Å². The molecule has 1 fully saturated rings. The largest absolute Gasteiger partial charge is 0.464 e. The van der Waals surface area contributed by atoms with Gasteiger partial charge in [0.2, 0.25) is 0 Å². The molecule has 2 atom stereocenters. The average molecular weight is 259 g/mol. The Hall–Kier alpha value is -1.61. The minimum atomic E-state index is -0.196. The summed E-state index contributed by atoms with van der Waals surface area (Å²) in [6.07, 6.45) is 1.25. The zero-order chi connectivity index (χ0) is 13.2. The maximum atomic E-state index is 12.8. The monoisotopic (exact) mass is 259 g/mol. The second-order valence-corrected chi connectivity index (χ2v) is 5.35. The summed E-state index contributed by atoms with van der Waals surface area (Å²) < 4.78 is 18.6. The Balaban J connectivity index is 1.49. The zero-order valence-electron chi connectivity index (χ0n) is 11.0. The van der Waals surface area contributed by atoms with Gasteiger partial charge in [-0.05, 0) is 42.2 Å². The molecule has 1 N–H and O–H groups in total. The number of halogens is 1. The van der Waals surface area contributed by atoms with Gasteiger partial charge in [0.1, 0.15) is 17.3 Å². The molecule has 100 valence electrons. The van der Waals surface area contributed by atoms with Crippen LogP contribution >= 0.6 is 0 Å². The van der Waals surface area contributed by atoms with E-state index in [0.717, 1.165) is 29.5 Å². The summed E-state index contributed by atoms with van der Waals surface area (Å²) in [7, 11) is 0. The van der Waals surface area contributed by atoms with Crippen LogP contribution in [0.2, 0.25) is 0 Å². The van der Waals surface area contributed by atoms with Crippen LogP contribution < -0.4 is 5.32 Å². The summed E-state index contributed by atoms with van der Waals surface area (Å²) in [6, 6.07) is 10.7. The van der Waals surface area contributed by atoms with Crippen molar-refractivity contribution in [1.82, 2.24) is 5.32 Å². The third-order valence-corrected chi connectivity index (χ3v) is 3.70. The Morgan fingerprint density at radius 3 is 2.58 bits per heavy atom. The SMILES string of the molecule is CC1CC1c1ccc(CNCc2ccc(F)cc2)o1. The summed E-state index contributed by atoms with van der Waals surface area (Å²) in [5.74, 6) is 3.29. The van der Waals surface area contributed by atoms with Crippen LogP contribution in [-0.2, 0) is 13.1 Å². The molecule has 1 saturated carbocycles. The van der Waals surface area contributed by atoms with Crippen molar-refractivity contribution in [2.75, 3.05) is 0 Å². The fourth-order valence-electron chi connectivity index (χ4n) is 2.34. The summed E-state index contributed by atoms with van der Waals surface area (Å²) in [5.41, 5.74) is 1.07. The van der Waals surface area contributed by atoms with Crippen molar-refractivity contribution in [2.24, 2.45) is 5.92 Å². The fourth-order valence-corrected chi connectivity index (χ4v) is 2.34. The minimum absolute atomic E-state index is 0.196. The van der Waals surface area contributed by atoms with Gasteiger partial charge in [0.05, 0.1) is 6.54 Å². The lowest BCUT2D eigenvalue weighted by molar-refractivity contribution is 0.444. The number of nitrogens with one attached hydrogen (secondary N) is 1. The number of hydrogen-bond donors (Lipinski definition) is 1. The van der Waals surface area contributed by atoms with Crippen LogP contribution in [0.3, 0.4) is 0 Å². The molecule has 2 unspecified atom stereocenters. The molecule has 2 nitrogen and oxygen atoms in total. The lowest BCUT2D eigenvalue weighted by Crippen LogP contribution is -2.12. The molecule has 1 heterocycles. The topological polar surface area (TPSA) is 25.2 Å². The molecule has 3 rings (SSSR count). The third kappa shape index (κ3) is 3.04. The van der Waals surface area contributed by atoms with Crippen LogP contribution in [-0.4, -0.2) is 0 Å². The van der Waals surface area contributed by atoms with E-state index in [9.17, 15) is 4.39 Å². The quantitative estimate of drug-likeness (QED) is 0.882. The van der Waals surface area contributed by atoms with Gasteiger partial charge in [0, 0.05) is 12.5 Å². The van der Waals surface area contributed by atoms with Gasteiger partial charge >= 0.3 is 0 Å². The van der Waals surface area contributed by atoms with Crippen molar-refractivity contribution in [3.05, 3.63) is 59.3 Å². The highest BCUT2D eigenvalue weighted by molar-refractivity contribution is 5.18. The van der Waals surface area contributed by atoms with E-state index >= 15 is 0 Å². The Kier molecular flexibility index (Phi) is 3.38. The van der Waals surface area contributed by atoms with Gasteiger partial charge in [-0.3, -0.25) is 0 Å². The Bertz CT molecular complexity index is 546. The summed E-state index contributed by atoms with van der Waals surface area (Å²) in [5, 5.41) is 3.31. The molecule has 1 aromatic carbocycles. The van der Waals surface area contributed by atoms with Crippen molar-refractivity contribution < 1.29 is 8.81 Å². The van der Waals surface area contributed by atoms with E-state index in [1.54, 1.807) is 12.1 Å². The van der Waals surface area contributed by atoms with Gasteiger partial charge in [-0.2, -0.15) is 0 Å². The Labute approximate surface area is 112 Å². The van der Waals surface area contributed by atoms with E-state index in [-0.39, 0.29) is 5.82 Å². The van der Waals surface area contributed by atoms with Crippen molar-refractivity contribution in [3.8, 4) is 0 Å². The number of furan rings is 1. The molecular weight excluding hydrogens is 241 g/mol. The second-order valence-electron chi connectivity index (χ2n) is 5.35. The molecule has 0 radical (unpaired) electrons. The van der Waals surface area contributed by atoms with Crippen LogP contribution in [0.1, 0.15) is 36.3 Å².